The molecule has 0 fully saturated rings. The third-order valence-corrected chi connectivity index (χ3v) is 1.90. The molecule has 4 N–H and O–H groups in total. The van der Waals surface area contributed by atoms with Crippen LogP contribution in [-0.4, -0.2) is 48.6 Å². The lowest BCUT2D eigenvalue weighted by atomic mass is 10.4. The summed E-state index contributed by atoms with van der Waals surface area (Å²) in [5, 5.41) is 5.36. The second kappa shape index (κ2) is 7.17. The molecule has 0 aliphatic carbocycles. The highest BCUT2D eigenvalue weighted by Crippen LogP contribution is 2.00. The summed E-state index contributed by atoms with van der Waals surface area (Å²) >= 11 is 0. The van der Waals surface area contributed by atoms with E-state index in [2.05, 4.69) is 20.6 Å². The Hall–Kier alpha value is -2.22. The molecule has 1 aromatic rings. The van der Waals surface area contributed by atoms with E-state index in [0.717, 1.165) is 0 Å². The monoisotopic (exact) mass is 253 g/mol. The van der Waals surface area contributed by atoms with E-state index in [1.807, 2.05) is 0 Å². The number of nitrogens with two attached hydrogens (primary N) is 1. The second-order valence-corrected chi connectivity index (χ2v) is 3.31. The van der Waals surface area contributed by atoms with Crippen LogP contribution in [0.15, 0.2) is 12.4 Å². The van der Waals surface area contributed by atoms with E-state index in [1.165, 1.54) is 12.4 Å². The lowest BCUT2D eigenvalue weighted by molar-refractivity contribution is -0.122. The summed E-state index contributed by atoms with van der Waals surface area (Å²) in [5.41, 5.74) is 5.09. The smallest absolute Gasteiger partial charge is 0.271 e. The minimum absolute atomic E-state index is 0.162. The number of amides is 2. The van der Waals surface area contributed by atoms with Crippen LogP contribution in [0.1, 0.15) is 10.5 Å². The summed E-state index contributed by atoms with van der Waals surface area (Å²) in [7, 11) is 1.68. The molecule has 0 aliphatic rings. The van der Waals surface area contributed by atoms with Crippen molar-refractivity contribution in [3.63, 3.8) is 0 Å². The summed E-state index contributed by atoms with van der Waals surface area (Å²) in [5.74, 6) is -0.399. The van der Waals surface area contributed by atoms with Crippen molar-refractivity contribution in [2.45, 2.75) is 0 Å². The molecule has 0 saturated heterocycles. The average Bonchev–Trinajstić information content (AvgIpc) is 2.37. The first-order chi connectivity index (χ1) is 8.63. The van der Waals surface area contributed by atoms with Crippen molar-refractivity contribution in [2.75, 3.05) is 32.1 Å². The van der Waals surface area contributed by atoms with Crippen LogP contribution < -0.4 is 16.4 Å². The highest BCUT2D eigenvalue weighted by Gasteiger charge is 2.07. The van der Waals surface area contributed by atoms with E-state index in [4.69, 9.17) is 10.5 Å². The number of hydrogen-bond acceptors (Lipinski definition) is 6. The van der Waals surface area contributed by atoms with Crippen molar-refractivity contribution in [2.24, 2.45) is 5.73 Å². The molecule has 0 aliphatic heterocycles. The van der Waals surface area contributed by atoms with Gasteiger partial charge < -0.3 is 21.1 Å². The summed E-state index contributed by atoms with van der Waals surface area (Å²) < 4.78 is 4.89. The maximum Gasteiger partial charge on any atom is 0.271 e. The fourth-order valence-electron chi connectivity index (χ4n) is 1.10. The summed E-state index contributed by atoms with van der Waals surface area (Å²) in [6.07, 6.45) is 2.87. The topological polar surface area (TPSA) is 119 Å². The molecule has 2 amide bonds. The van der Waals surface area contributed by atoms with Crippen LogP contribution >= 0.6 is 0 Å². The van der Waals surface area contributed by atoms with Gasteiger partial charge in [-0.25, -0.2) is 4.98 Å². The van der Waals surface area contributed by atoms with Gasteiger partial charge in [0.2, 0.25) is 5.91 Å². The Morgan fingerprint density at radius 3 is 2.89 bits per heavy atom. The maximum absolute atomic E-state index is 11.6. The third kappa shape index (κ3) is 4.74. The molecule has 1 aromatic heterocycles. The number of carbonyl (C=O) groups is 2. The van der Waals surface area contributed by atoms with Gasteiger partial charge in [-0.05, 0) is 0 Å². The second-order valence-electron chi connectivity index (χ2n) is 3.31. The van der Waals surface area contributed by atoms with Crippen molar-refractivity contribution in [1.82, 2.24) is 15.3 Å². The van der Waals surface area contributed by atoms with Crippen molar-refractivity contribution in [3.05, 3.63) is 18.1 Å². The number of anilines is 1. The zero-order valence-corrected chi connectivity index (χ0v) is 9.97. The van der Waals surface area contributed by atoms with Gasteiger partial charge in [0.05, 0.1) is 19.0 Å². The van der Waals surface area contributed by atoms with Crippen LogP contribution in [0.5, 0.6) is 0 Å². The number of nitrogens with zero attached hydrogens (tertiary/aromatic N) is 2. The summed E-state index contributed by atoms with van der Waals surface area (Å²) in [4.78, 5) is 29.9. The molecule has 18 heavy (non-hydrogen) atoms. The predicted molar refractivity (Wildman–Crippen MR) is 63.9 cm³/mol. The Labute approximate surface area is 104 Å². The Morgan fingerprint density at radius 1 is 1.44 bits per heavy atom. The number of hydrogen-bond donors (Lipinski definition) is 3. The zero-order valence-electron chi connectivity index (χ0n) is 9.97. The van der Waals surface area contributed by atoms with Crippen LogP contribution in [-0.2, 0) is 9.53 Å². The molecular formula is C10H15N5O3. The molecule has 1 rings (SSSR count). The van der Waals surface area contributed by atoms with E-state index in [1.54, 1.807) is 7.05 Å². The van der Waals surface area contributed by atoms with Gasteiger partial charge in [0.25, 0.3) is 5.91 Å². The van der Waals surface area contributed by atoms with Crippen LogP contribution in [0.2, 0.25) is 0 Å². The largest absolute Gasteiger partial charge is 0.372 e. The highest BCUT2D eigenvalue weighted by atomic mass is 16.5. The van der Waals surface area contributed by atoms with Crippen molar-refractivity contribution >= 4 is 17.6 Å². The number of ether oxygens (including phenoxy) is 1. The van der Waals surface area contributed by atoms with Gasteiger partial charge in [0, 0.05) is 13.6 Å². The molecule has 98 valence electrons. The Morgan fingerprint density at radius 2 is 2.22 bits per heavy atom. The SMILES string of the molecule is CNc1cncc(C(=O)NCCOCC(N)=O)n1. The molecule has 0 spiro atoms. The molecule has 1 heterocycles. The first-order valence-corrected chi connectivity index (χ1v) is 5.27. The lowest BCUT2D eigenvalue weighted by Gasteiger charge is -2.05. The standard InChI is InChI=1S/C10H15N5O3/c1-12-9-5-13-4-7(15-9)10(17)14-2-3-18-6-8(11)16/h4-5H,2-3,6H2,1H3,(H2,11,16)(H,12,15)(H,14,17). The maximum atomic E-state index is 11.6. The molecule has 8 nitrogen and oxygen atoms in total. The molecule has 0 aromatic carbocycles. The van der Waals surface area contributed by atoms with E-state index in [-0.39, 0.29) is 31.4 Å². The van der Waals surface area contributed by atoms with Gasteiger partial charge in [-0.2, -0.15) is 0 Å². The number of rotatable bonds is 7. The predicted octanol–water partition coefficient (Wildman–Crippen LogP) is -1.25. The van der Waals surface area contributed by atoms with Gasteiger partial charge >= 0.3 is 0 Å². The first-order valence-electron chi connectivity index (χ1n) is 5.27. The fourth-order valence-corrected chi connectivity index (χ4v) is 1.10. The van der Waals surface area contributed by atoms with Gasteiger partial charge in [0.1, 0.15) is 18.1 Å². The van der Waals surface area contributed by atoms with Crippen molar-refractivity contribution < 1.29 is 14.3 Å². The number of primary amides is 1. The van der Waals surface area contributed by atoms with Crippen molar-refractivity contribution in [3.8, 4) is 0 Å². The summed E-state index contributed by atoms with van der Waals surface area (Å²) in [6, 6.07) is 0. The van der Waals surface area contributed by atoms with Gasteiger partial charge in [-0.15, -0.1) is 0 Å². The fraction of sp³-hybridized carbons (Fsp3) is 0.400. The van der Waals surface area contributed by atoms with Gasteiger partial charge in [-0.1, -0.05) is 0 Å². The van der Waals surface area contributed by atoms with Gasteiger partial charge in [-0.3, -0.25) is 14.6 Å². The minimum Gasteiger partial charge on any atom is -0.372 e. The molecule has 8 heteroatoms. The third-order valence-electron chi connectivity index (χ3n) is 1.90. The highest BCUT2D eigenvalue weighted by molar-refractivity contribution is 5.92. The average molecular weight is 253 g/mol. The number of aromatic nitrogens is 2. The molecule has 0 atom stereocenters. The van der Waals surface area contributed by atoms with Crippen LogP contribution in [0.25, 0.3) is 0 Å². The van der Waals surface area contributed by atoms with Gasteiger partial charge in [0.15, 0.2) is 0 Å². The number of carbonyl (C=O) groups excluding carboxylic acids is 2. The minimum atomic E-state index is -0.547. The Kier molecular flexibility index (Phi) is 5.52. The molecule has 0 saturated carbocycles. The van der Waals surface area contributed by atoms with Crippen LogP contribution in [0.3, 0.4) is 0 Å². The zero-order chi connectivity index (χ0) is 13.4. The number of nitrogens with one attached hydrogen (secondary N) is 2. The van der Waals surface area contributed by atoms with E-state index >= 15 is 0 Å². The van der Waals surface area contributed by atoms with E-state index < -0.39 is 5.91 Å². The quantitative estimate of drug-likeness (QED) is 0.522. The van der Waals surface area contributed by atoms with E-state index in [9.17, 15) is 9.59 Å². The molecular weight excluding hydrogens is 238 g/mol. The molecule has 0 radical (unpaired) electrons. The lowest BCUT2D eigenvalue weighted by Crippen LogP contribution is -2.29. The summed E-state index contributed by atoms with van der Waals surface area (Å²) in [6.45, 7) is 0.302. The Balaban J connectivity index is 2.33. The van der Waals surface area contributed by atoms with Crippen LogP contribution in [0.4, 0.5) is 5.82 Å². The molecule has 0 bridgehead atoms. The normalized spacial score (nSPS) is 9.83. The van der Waals surface area contributed by atoms with Crippen LogP contribution in [0, 0.1) is 0 Å². The van der Waals surface area contributed by atoms with E-state index in [0.29, 0.717) is 5.82 Å². The van der Waals surface area contributed by atoms with Crippen molar-refractivity contribution in [1.29, 1.82) is 0 Å². The Bertz CT molecular complexity index is 424. The first kappa shape index (κ1) is 13.8. The molecule has 0 unspecified atom stereocenters.